The van der Waals surface area contributed by atoms with E-state index in [-0.39, 0.29) is 11.5 Å². The van der Waals surface area contributed by atoms with Crippen molar-refractivity contribution in [1.82, 2.24) is 19.9 Å². The number of carbonyl (C=O) groups is 1. The minimum Gasteiger partial charge on any atom is -0.345 e. The highest BCUT2D eigenvalue weighted by Gasteiger charge is 2.19. The van der Waals surface area contributed by atoms with E-state index in [0.29, 0.717) is 27.2 Å². The zero-order valence-corrected chi connectivity index (χ0v) is 15.2. The van der Waals surface area contributed by atoms with Crippen LogP contribution in [0.15, 0.2) is 35.4 Å². The van der Waals surface area contributed by atoms with Crippen molar-refractivity contribution in [2.75, 3.05) is 0 Å². The van der Waals surface area contributed by atoms with Gasteiger partial charge in [-0.15, -0.1) is 22.7 Å². The molecule has 126 valence electrons. The summed E-state index contributed by atoms with van der Waals surface area (Å²) in [5.74, 6) is -0.207. The molecule has 0 atom stereocenters. The van der Waals surface area contributed by atoms with Crippen molar-refractivity contribution in [1.29, 1.82) is 0 Å². The van der Waals surface area contributed by atoms with Crippen LogP contribution in [0, 0.1) is 6.92 Å². The number of nitrogens with zero attached hydrogens (tertiary/aromatic N) is 3. The third-order valence-corrected chi connectivity index (χ3v) is 6.19. The second-order valence-corrected chi connectivity index (χ2v) is 7.77. The van der Waals surface area contributed by atoms with Crippen LogP contribution in [0.2, 0.25) is 0 Å². The highest BCUT2D eigenvalue weighted by Crippen LogP contribution is 2.27. The molecule has 1 N–H and O–H groups in total. The summed E-state index contributed by atoms with van der Waals surface area (Å²) in [6.45, 7) is 2.14. The van der Waals surface area contributed by atoms with E-state index in [1.54, 1.807) is 25.3 Å². The number of hydrogen-bond donors (Lipinski definition) is 1. The molecule has 4 rings (SSSR count). The first kappa shape index (κ1) is 15.9. The number of thiazole rings is 1. The van der Waals surface area contributed by atoms with Crippen molar-refractivity contribution >= 4 is 49.0 Å². The topological polar surface area (TPSA) is 76.9 Å². The zero-order chi connectivity index (χ0) is 17.6. The van der Waals surface area contributed by atoms with Crippen molar-refractivity contribution in [2.24, 2.45) is 7.05 Å². The summed E-state index contributed by atoms with van der Waals surface area (Å²) in [4.78, 5) is 34.7. The Bertz CT molecular complexity index is 1140. The van der Waals surface area contributed by atoms with E-state index < -0.39 is 0 Å². The van der Waals surface area contributed by atoms with Crippen LogP contribution < -0.4 is 10.9 Å². The van der Waals surface area contributed by atoms with E-state index >= 15 is 0 Å². The Balaban J connectivity index is 1.61. The quantitative estimate of drug-likeness (QED) is 0.602. The standard InChI is InChI=1S/C17H14N4O2S2/c1-9-13-16(19-8-21(2)17(13)23)25-14(9)15(22)18-7-12-20-10-5-3-4-6-11(10)24-12/h3-6,8H,7H2,1-2H3,(H,18,22). The van der Waals surface area contributed by atoms with Gasteiger partial charge in [-0.1, -0.05) is 12.1 Å². The molecule has 0 spiro atoms. The third kappa shape index (κ3) is 2.73. The van der Waals surface area contributed by atoms with Gasteiger partial charge in [-0.05, 0) is 24.6 Å². The summed E-state index contributed by atoms with van der Waals surface area (Å²) in [5, 5.41) is 4.26. The van der Waals surface area contributed by atoms with Crippen LogP contribution in [0.25, 0.3) is 20.4 Å². The van der Waals surface area contributed by atoms with E-state index in [9.17, 15) is 9.59 Å². The maximum absolute atomic E-state index is 12.6. The molecule has 8 heteroatoms. The molecule has 0 aliphatic heterocycles. The van der Waals surface area contributed by atoms with Crippen molar-refractivity contribution in [3.05, 3.63) is 56.4 Å². The highest BCUT2D eigenvalue weighted by molar-refractivity contribution is 7.20. The van der Waals surface area contributed by atoms with Crippen molar-refractivity contribution in [2.45, 2.75) is 13.5 Å². The molecule has 0 radical (unpaired) electrons. The number of hydrogen-bond acceptors (Lipinski definition) is 6. The molecule has 0 bridgehead atoms. The van der Waals surface area contributed by atoms with Crippen LogP contribution in [0.3, 0.4) is 0 Å². The average molecular weight is 370 g/mol. The van der Waals surface area contributed by atoms with Gasteiger partial charge in [-0.25, -0.2) is 9.97 Å². The largest absolute Gasteiger partial charge is 0.345 e. The van der Waals surface area contributed by atoms with E-state index in [0.717, 1.165) is 15.2 Å². The molecule has 3 aromatic heterocycles. The molecule has 4 aromatic rings. The molecule has 0 unspecified atom stereocenters. The third-order valence-electron chi connectivity index (χ3n) is 3.96. The van der Waals surface area contributed by atoms with E-state index in [4.69, 9.17) is 0 Å². The van der Waals surface area contributed by atoms with Crippen LogP contribution in [0.1, 0.15) is 20.2 Å². The van der Waals surface area contributed by atoms with Crippen molar-refractivity contribution < 1.29 is 4.79 Å². The van der Waals surface area contributed by atoms with E-state index in [1.807, 2.05) is 24.3 Å². The number of carbonyl (C=O) groups excluding carboxylic acids is 1. The molecule has 25 heavy (non-hydrogen) atoms. The Morgan fingerprint density at radius 2 is 2.08 bits per heavy atom. The molecule has 0 saturated heterocycles. The SMILES string of the molecule is Cc1c(C(=O)NCc2nc3ccccc3s2)sc2ncn(C)c(=O)c12. The summed E-state index contributed by atoms with van der Waals surface area (Å²) in [6, 6.07) is 7.88. The van der Waals surface area contributed by atoms with E-state index in [2.05, 4.69) is 15.3 Å². The fourth-order valence-electron chi connectivity index (χ4n) is 2.66. The molecule has 6 nitrogen and oxygen atoms in total. The maximum Gasteiger partial charge on any atom is 0.262 e. The number of thiophene rings is 1. The van der Waals surface area contributed by atoms with Crippen LogP contribution in [-0.2, 0) is 13.6 Å². The van der Waals surface area contributed by atoms with Gasteiger partial charge in [0.2, 0.25) is 0 Å². The zero-order valence-electron chi connectivity index (χ0n) is 13.6. The minimum absolute atomic E-state index is 0.135. The van der Waals surface area contributed by atoms with Gasteiger partial charge in [0.25, 0.3) is 11.5 Å². The Morgan fingerprint density at radius 1 is 1.28 bits per heavy atom. The molecule has 0 saturated carbocycles. The Morgan fingerprint density at radius 3 is 2.88 bits per heavy atom. The van der Waals surface area contributed by atoms with Gasteiger partial charge < -0.3 is 9.88 Å². The van der Waals surface area contributed by atoms with Crippen LogP contribution in [-0.4, -0.2) is 20.4 Å². The number of amides is 1. The predicted octanol–water partition coefficient (Wildman–Crippen LogP) is 2.84. The lowest BCUT2D eigenvalue weighted by Gasteiger charge is -2.01. The fourth-order valence-corrected chi connectivity index (χ4v) is 4.62. The highest BCUT2D eigenvalue weighted by atomic mass is 32.1. The van der Waals surface area contributed by atoms with Gasteiger partial charge in [0, 0.05) is 7.05 Å². The fraction of sp³-hybridized carbons (Fsp3) is 0.176. The first-order valence-electron chi connectivity index (χ1n) is 7.62. The smallest absolute Gasteiger partial charge is 0.262 e. The van der Waals surface area contributed by atoms with Gasteiger partial charge in [0.1, 0.15) is 9.84 Å². The summed E-state index contributed by atoms with van der Waals surface area (Å²) in [5.41, 5.74) is 1.47. The Hall–Kier alpha value is -2.58. The van der Waals surface area contributed by atoms with Crippen LogP contribution >= 0.6 is 22.7 Å². The lowest BCUT2D eigenvalue weighted by Crippen LogP contribution is -2.22. The first-order valence-corrected chi connectivity index (χ1v) is 9.25. The van der Waals surface area contributed by atoms with Crippen molar-refractivity contribution in [3.63, 3.8) is 0 Å². The van der Waals surface area contributed by atoms with Crippen LogP contribution in [0.5, 0.6) is 0 Å². The molecular weight excluding hydrogens is 356 g/mol. The van der Waals surface area contributed by atoms with Gasteiger partial charge in [0.15, 0.2) is 0 Å². The summed E-state index contributed by atoms with van der Waals surface area (Å²) in [6.07, 6.45) is 1.48. The molecule has 0 aliphatic carbocycles. The normalized spacial score (nSPS) is 11.3. The molecular formula is C17H14N4O2S2. The first-order chi connectivity index (χ1) is 12.0. The molecule has 1 aromatic carbocycles. The summed E-state index contributed by atoms with van der Waals surface area (Å²) < 4.78 is 2.52. The number of fused-ring (bicyclic) bond motifs is 2. The minimum atomic E-state index is -0.207. The second kappa shape index (κ2) is 6.05. The number of para-hydroxylation sites is 1. The van der Waals surface area contributed by atoms with Gasteiger partial charge in [0.05, 0.1) is 33.4 Å². The number of rotatable bonds is 3. The molecule has 0 aliphatic rings. The molecule has 0 fully saturated rings. The van der Waals surface area contributed by atoms with E-state index in [1.165, 1.54) is 22.2 Å². The maximum atomic E-state index is 12.6. The lowest BCUT2D eigenvalue weighted by molar-refractivity contribution is 0.0954. The van der Waals surface area contributed by atoms with Gasteiger partial charge in [-0.3, -0.25) is 9.59 Å². The Labute approximate surface area is 150 Å². The summed E-state index contributed by atoms with van der Waals surface area (Å²) >= 11 is 2.80. The van der Waals surface area contributed by atoms with Crippen molar-refractivity contribution in [3.8, 4) is 0 Å². The second-order valence-electron chi connectivity index (χ2n) is 5.65. The number of nitrogens with one attached hydrogen (secondary N) is 1. The Kier molecular flexibility index (Phi) is 3.85. The van der Waals surface area contributed by atoms with Crippen LogP contribution in [0.4, 0.5) is 0 Å². The molecule has 3 heterocycles. The lowest BCUT2D eigenvalue weighted by atomic mass is 10.2. The monoisotopic (exact) mass is 370 g/mol. The molecule has 1 amide bonds. The summed E-state index contributed by atoms with van der Waals surface area (Å²) in [7, 11) is 1.65. The number of aromatic nitrogens is 3. The number of aryl methyl sites for hydroxylation is 2. The average Bonchev–Trinajstić information content (AvgIpc) is 3.17. The predicted molar refractivity (Wildman–Crippen MR) is 100 cm³/mol. The van der Waals surface area contributed by atoms with Gasteiger partial charge in [-0.2, -0.15) is 0 Å². The van der Waals surface area contributed by atoms with Gasteiger partial charge >= 0.3 is 0 Å². The number of benzene rings is 1.